The Bertz CT molecular complexity index is 396. The largest absolute Gasteiger partial charge is 0.372 e. The fourth-order valence-corrected chi connectivity index (χ4v) is 2.87. The van der Waals surface area contributed by atoms with E-state index >= 15 is 0 Å². The molecule has 0 amide bonds. The summed E-state index contributed by atoms with van der Waals surface area (Å²) in [6.45, 7) is 11.1. The van der Waals surface area contributed by atoms with E-state index in [4.69, 9.17) is 5.73 Å². The van der Waals surface area contributed by atoms with Crippen molar-refractivity contribution >= 4 is 5.69 Å². The minimum Gasteiger partial charge on any atom is -0.372 e. The Kier molecular flexibility index (Phi) is 6.49. The Labute approximate surface area is 129 Å². The van der Waals surface area contributed by atoms with E-state index < -0.39 is 0 Å². The molecule has 1 aromatic rings. The molecule has 0 atom stereocenters. The summed E-state index contributed by atoms with van der Waals surface area (Å²) < 4.78 is 0. The molecule has 0 saturated carbocycles. The van der Waals surface area contributed by atoms with Crippen LogP contribution in [0.15, 0.2) is 24.3 Å². The van der Waals surface area contributed by atoms with Crippen LogP contribution in [0, 0.1) is 0 Å². The zero-order valence-electron chi connectivity index (χ0n) is 13.6. The second kappa shape index (κ2) is 8.37. The normalized spacial score (nSPS) is 17.1. The summed E-state index contributed by atoms with van der Waals surface area (Å²) in [5, 5.41) is 0. The molecule has 4 nitrogen and oxygen atoms in total. The van der Waals surface area contributed by atoms with Crippen LogP contribution >= 0.6 is 0 Å². The molecule has 0 aliphatic carbocycles. The molecule has 0 radical (unpaired) electrons. The first kappa shape index (κ1) is 16.3. The lowest BCUT2D eigenvalue weighted by atomic mass is 10.2. The van der Waals surface area contributed by atoms with Gasteiger partial charge in [0.2, 0.25) is 0 Å². The van der Waals surface area contributed by atoms with Crippen molar-refractivity contribution in [1.29, 1.82) is 0 Å². The number of piperazine rings is 1. The Hall–Kier alpha value is -1.10. The van der Waals surface area contributed by atoms with Crippen LogP contribution in [0.5, 0.6) is 0 Å². The highest BCUT2D eigenvalue weighted by Gasteiger charge is 2.13. The fraction of sp³-hybridized carbons (Fsp3) is 0.647. The maximum atomic E-state index is 5.66. The average Bonchev–Trinajstić information content (AvgIpc) is 2.53. The van der Waals surface area contributed by atoms with Gasteiger partial charge >= 0.3 is 0 Å². The number of benzene rings is 1. The molecule has 0 aromatic heterocycles. The van der Waals surface area contributed by atoms with Crippen molar-refractivity contribution in [3.63, 3.8) is 0 Å². The lowest BCUT2D eigenvalue weighted by Gasteiger charge is -2.33. The van der Waals surface area contributed by atoms with Crippen molar-refractivity contribution in [3.8, 4) is 0 Å². The summed E-state index contributed by atoms with van der Waals surface area (Å²) in [6.07, 6.45) is 1.23. The fourth-order valence-electron chi connectivity index (χ4n) is 2.87. The number of anilines is 1. The molecular weight excluding hydrogens is 260 g/mol. The van der Waals surface area contributed by atoms with Gasteiger partial charge in [-0.15, -0.1) is 0 Å². The Morgan fingerprint density at radius 3 is 2.33 bits per heavy atom. The van der Waals surface area contributed by atoms with E-state index in [1.54, 1.807) is 0 Å². The molecule has 1 saturated heterocycles. The van der Waals surface area contributed by atoms with Crippen LogP contribution < -0.4 is 10.6 Å². The predicted octanol–water partition coefficient (Wildman–Crippen LogP) is 1.61. The van der Waals surface area contributed by atoms with Gasteiger partial charge in [0.25, 0.3) is 0 Å². The number of nitrogens with two attached hydrogens (primary N) is 1. The van der Waals surface area contributed by atoms with E-state index in [-0.39, 0.29) is 0 Å². The summed E-state index contributed by atoms with van der Waals surface area (Å²) in [5.41, 5.74) is 8.17. The first-order valence-electron chi connectivity index (χ1n) is 8.17. The zero-order valence-corrected chi connectivity index (χ0v) is 13.6. The SMILES string of the molecule is CCN(CCCN1CCN(C)CC1)c1ccc(CN)cc1. The minimum atomic E-state index is 0.621. The van der Waals surface area contributed by atoms with E-state index in [1.807, 2.05) is 0 Å². The van der Waals surface area contributed by atoms with E-state index in [0.29, 0.717) is 6.54 Å². The van der Waals surface area contributed by atoms with Gasteiger partial charge < -0.3 is 20.4 Å². The van der Waals surface area contributed by atoms with Crippen LogP contribution in [0.4, 0.5) is 5.69 Å². The monoisotopic (exact) mass is 290 g/mol. The van der Waals surface area contributed by atoms with E-state index in [0.717, 1.165) is 13.1 Å². The molecule has 0 unspecified atom stereocenters. The maximum Gasteiger partial charge on any atom is 0.0366 e. The van der Waals surface area contributed by atoms with Crippen molar-refractivity contribution in [2.45, 2.75) is 19.9 Å². The van der Waals surface area contributed by atoms with Crippen LogP contribution in [0.3, 0.4) is 0 Å². The highest BCUT2D eigenvalue weighted by Crippen LogP contribution is 2.15. The van der Waals surface area contributed by atoms with Crippen LogP contribution in [0.25, 0.3) is 0 Å². The number of rotatable bonds is 7. The summed E-state index contributed by atoms with van der Waals surface area (Å²) in [4.78, 5) is 7.45. The first-order valence-corrected chi connectivity index (χ1v) is 8.17. The van der Waals surface area contributed by atoms with Gasteiger partial charge in [-0.2, -0.15) is 0 Å². The van der Waals surface area contributed by atoms with Gasteiger partial charge in [-0.3, -0.25) is 0 Å². The molecule has 2 N–H and O–H groups in total. The van der Waals surface area contributed by atoms with Gasteiger partial charge in [0.1, 0.15) is 0 Å². The predicted molar refractivity (Wildman–Crippen MR) is 90.8 cm³/mol. The average molecular weight is 290 g/mol. The quantitative estimate of drug-likeness (QED) is 0.827. The summed E-state index contributed by atoms with van der Waals surface area (Å²) in [6, 6.07) is 8.67. The Morgan fingerprint density at radius 1 is 1.10 bits per heavy atom. The van der Waals surface area contributed by atoms with Crippen molar-refractivity contribution in [2.75, 3.05) is 57.8 Å². The van der Waals surface area contributed by atoms with Gasteiger partial charge in [0, 0.05) is 51.5 Å². The standard InChI is InChI=1S/C17H30N4/c1-3-21(17-7-5-16(15-18)6-8-17)10-4-9-20-13-11-19(2)12-14-20/h5-8H,3-4,9-15,18H2,1-2H3. The molecular formula is C17H30N4. The molecule has 118 valence electrons. The highest BCUT2D eigenvalue weighted by molar-refractivity contribution is 5.47. The van der Waals surface area contributed by atoms with Crippen LogP contribution in [-0.4, -0.2) is 62.7 Å². The first-order chi connectivity index (χ1) is 10.2. The van der Waals surface area contributed by atoms with Crippen molar-refractivity contribution in [3.05, 3.63) is 29.8 Å². The number of nitrogens with zero attached hydrogens (tertiary/aromatic N) is 3. The molecule has 1 aliphatic rings. The molecule has 21 heavy (non-hydrogen) atoms. The molecule has 2 rings (SSSR count). The third kappa shape index (κ3) is 4.99. The molecule has 0 bridgehead atoms. The lowest BCUT2D eigenvalue weighted by molar-refractivity contribution is 0.153. The molecule has 4 heteroatoms. The summed E-state index contributed by atoms with van der Waals surface area (Å²) in [7, 11) is 2.21. The van der Waals surface area contributed by atoms with E-state index in [2.05, 4.69) is 52.9 Å². The van der Waals surface area contributed by atoms with Crippen molar-refractivity contribution in [2.24, 2.45) is 5.73 Å². The second-order valence-electron chi connectivity index (χ2n) is 5.95. The topological polar surface area (TPSA) is 35.7 Å². The number of hydrogen-bond acceptors (Lipinski definition) is 4. The summed E-state index contributed by atoms with van der Waals surface area (Å²) in [5.74, 6) is 0. The third-order valence-corrected chi connectivity index (χ3v) is 4.42. The second-order valence-corrected chi connectivity index (χ2v) is 5.95. The van der Waals surface area contributed by atoms with Gasteiger partial charge in [0.05, 0.1) is 0 Å². The smallest absolute Gasteiger partial charge is 0.0366 e. The molecule has 0 spiro atoms. The third-order valence-electron chi connectivity index (χ3n) is 4.42. The Morgan fingerprint density at radius 2 is 1.76 bits per heavy atom. The van der Waals surface area contributed by atoms with Crippen LogP contribution in [0.1, 0.15) is 18.9 Å². The van der Waals surface area contributed by atoms with Gasteiger partial charge in [-0.05, 0) is 44.6 Å². The van der Waals surface area contributed by atoms with Crippen molar-refractivity contribution < 1.29 is 0 Å². The van der Waals surface area contributed by atoms with Crippen LogP contribution in [-0.2, 0) is 6.54 Å². The zero-order chi connectivity index (χ0) is 15.1. The number of likely N-dealkylation sites (N-methyl/N-ethyl adjacent to an activating group) is 1. The molecule has 1 aromatic carbocycles. The van der Waals surface area contributed by atoms with E-state index in [1.165, 1.54) is 50.4 Å². The number of hydrogen-bond donors (Lipinski definition) is 1. The Balaban J connectivity index is 1.76. The maximum absolute atomic E-state index is 5.66. The van der Waals surface area contributed by atoms with E-state index in [9.17, 15) is 0 Å². The molecule has 1 heterocycles. The molecule has 1 fully saturated rings. The minimum absolute atomic E-state index is 0.621. The van der Waals surface area contributed by atoms with Gasteiger partial charge in [0.15, 0.2) is 0 Å². The lowest BCUT2D eigenvalue weighted by Crippen LogP contribution is -2.45. The highest BCUT2D eigenvalue weighted by atomic mass is 15.2. The van der Waals surface area contributed by atoms with Crippen LogP contribution in [0.2, 0.25) is 0 Å². The van der Waals surface area contributed by atoms with Gasteiger partial charge in [-0.1, -0.05) is 12.1 Å². The summed E-state index contributed by atoms with van der Waals surface area (Å²) >= 11 is 0. The van der Waals surface area contributed by atoms with Gasteiger partial charge in [-0.25, -0.2) is 0 Å². The molecule has 1 aliphatic heterocycles. The van der Waals surface area contributed by atoms with Crippen molar-refractivity contribution in [1.82, 2.24) is 9.80 Å².